The Morgan fingerprint density at radius 2 is 1.40 bits per heavy atom. The summed E-state index contributed by atoms with van der Waals surface area (Å²) in [5.41, 5.74) is 3.39. The molecule has 88 valence electrons. The fraction of sp³-hybridized carbons (Fsp3) is 0.846. The Labute approximate surface area is 96.3 Å². The predicted molar refractivity (Wildman–Crippen MR) is 70.5 cm³/mol. The van der Waals surface area contributed by atoms with Gasteiger partial charge in [-0.15, -0.1) is 11.5 Å². The first-order valence-corrected chi connectivity index (χ1v) is 9.67. The summed E-state index contributed by atoms with van der Waals surface area (Å²) in [5.74, 6) is 3.30. The van der Waals surface area contributed by atoms with Gasteiger partial charge in [-0.3, -0.25) is 0 Å². The summed E-state index contributed by atoms with van der Waals surface area (Å²) in [6, 6.07) is 0. The largest absolute Gasteiger partial charge is 0.396 e. The number of hydrogen-bond donors (Lipinski definition) is 1. The zero-order chi connectivity index (χ0) is 11.6. The van der Waals surface area contributed by atoms with Gasteiger partial charge in [0.25, 0.3) is 0 Å². The highest BCUT2D eigenvalue weighted by atomic mass is 28.3. The zero-order valence-electron chi connectivity index (χ0n) is 10.6. The van der Waals surface area contributed by atoms with Crippen molar-refractivity contribution in [3.05, 3.63) is 0 Å². The molecule has 0 amide bonds. The van der Waals surface area contributed by atoms with Crippen LogP contribution in [-0.2, 0) is 0 Å². The van der Waals surface area contributed by atoms with E-state index in [1.54, 1.807) is 0 Å². The standard InChI is InChI=1S/C13H26OSi/c1-15(2,3)13-11-9-7-5-4-6-8-10-12-14/h14H,4-10,12H2,1-3H3. The molecule has 0 spiro atoms. The van der Waals surface area contributed by atoms with Crippen LogP contribution in [0.15, 0.2) is 0 Å². The molecule has 0 atom stereocenters. The van der Waals surface area contributed by atoms with Gasteiger partial charge in [-0.2, -0.15) is 0 Å². The van der Waals surface area contributed by atoms with Crippen molar-refractivity contribution in [2.45, 2.75) is 64.6 Å². The number of aliphatic hydroxyl groups excluding tert-OH is 1. The van der Waals surface area contributed by atoms with E-state index < -0.39 is 8.07 Å². The Balaban J connectivity index is 3.21. The third-order valence-corrected chi connectivity index (χ3v) is 3.10. The minimum absolute atomic E-state index is 0.349. The quantitative estimate of drug-likeness (QED) is 0.399. The van der Waals surface area contributed by atoms with E-state index in [4.69, 9.17) is 5.11 Å². The number of rotatable bonds is 7. The van der Waals surface area contributed by atoms with Gasteiger partial charge in [-0.1, -0.05) is 45.3 Å². The van der Waals surface area contributed by atoms with Crippen molar-refractivity contribution in [2.24, 2.45) is 0 Å². The monoisotopic (exact) mass is 226 g/mol. The molecule has 0 aromatic carbocycles. The first kappa shape index (κ1) is 14.7. The molecule has 0 saturated carbocycles. The first-order chi connectivity index (χ1) is 7.06. The molecule has 15 heavy (non-hydrogen) atoms. The van der Waals surface area contributed by atoms with Gasteiger partial charge >= 0.3 is 0 Å². The van der Waals surface area contributed by atoms with Crippen molar-refractivity contribution < 1.29 is 5.11 Å². The highest BCUT2D eigenvalue weighted by molar-refractivity contribution is 6.83. The highest BCUT2D eigenvalue weighted by Crippen LogP contribution is 2.06. The van der Waals surface area contributed by atoms with E-state index in [0.717, 1.165) is 12.8 Å². The lowest BCUT2D eigenvalue weighted by Gasteiger charge is -2.03. The molecule has 0 bridgehead atoms. The summed E-state index contributed by atoms with van der Waals surface area (Å²) in [7, 11) is -1.13. The molecule has 2 heteroatoms. The van der Waals surface area contributed by atoms with Crippen LogP contribution in [0.2, 0.25) is 19.6 Å². The first-order valence-electron chi connectivity index (χ1n) is 6.17. The number of hydrogen-bond acceptors (Lipinski definition) is 1. The third-order valence-electron chi connectivity index (χ3n) is 2.17. The van der Waals surface area contributed by atoms with Crippen molar-refractivity contribution >= 4 is 8.07 Å². The van der Waals surface area contributed by atoms with Crippen molar-refractivity contribution in [3.63, 3.8) is 0 Å². The highest BCUT2D eigenvalue weighted by Gasteiger charge is 2.06. The molecule has 0 aromatic rings. The van der Waals surface area contributed by atoms with Crippen LogP contribution in [0.3, 0.4) is 0 Å². The number of aliphatic hydroxyl groups is 1. The topological polar surface area (TPSA) is 20.2 Å². The molecule has 0 aliphatic carbocycles. The van der Waals surface area contributed by atoms with Gasteiger partial charge in [0.15, 0.2) is 0 Å². The average Bonchev–Trinajstić information content (AvgIpc) is 2.14. The van der Waals surface area contributed by atoms with Crippen LogP contribution in [0.1, 0.15) is 44.9 Å². The van der Waals surface area contributed by atoms with Gasteiger partial charge in [0.1, 0.15) is 8.07 Å². The lowest BCUT2D eigenvalue weighted by Crippen LogP contribution is -2.16. The second-order valence-electron chi connectivity index (χ2n) is 5.15. The second kappa shape index (κ2) is 9.00. The van der Waals surface area contributed by atoms with Gasteiger partial charge in [0, 0.05) is 13.0 Å². The SMILES string of the molecule is C[Si](C)(C)C#CCCCCCCCCO. The van der Waals surface area contributed by atoms with Crippen LogP contribution < -0.4 is 0 Å². The Morgan fingerprint density at radius 3 is 1.93 bits per heavy atom. The minimum atomic E-state index is -1.13. The van der Waals surface area contributed by atoms with Gasteiger partial charge < -0.3 is 5.11 Å². The van der Waals surface area contributed by atoms with Crippen LogP contribution in [0, 0.1) is 11.5 Å². The summed E-state index contributed by atoms with van der Waals surface area (Å²) < 4.78 is 0. The molecule has 0 saturated heterocycles. The van der Waals surface area contributed by atoms with E-state index in [0.29, 0.717) is 6.61 Å². The zero-order valence-corrected chi connectivity index (χ0v) is 11.6. The molecule has 0 unspecified atom stereocenters. The van der Waals surface area contributed by atoms with Crippen LogP contribution in [0.4, 0.5) is 0 Å². The molecular formula is C13H26OSi. The third kappa shape index (κ3) is 13.7. The van der Waals surface area contributed by atoms with Crippen LogP contribution in [-0.4, -0.2) is 19.8 Å². The van der Waals surface area contributed by atoms with Crippen molar-refractivity contribution in [1.29, 1.82) is 0 Å². The van der Waals surface area contributed by atoms with E-state index in [-0.39, 0.29) is 0 Å². The fourth-order valence-electron chi connectivity index (χ4n) is 1.36. The lowest BCUT2D eigenvalue weighted by molar-refractivity contribution is 0.282. The normalized spacial score (nSPS) is 10.9. The molecule has 0 fully saturated rings. The Morgan fingerprint density at radius 1 is 0.867 bits per heavy atom. The molecule has 1 nitrogen and oxygen atoms in total. The van der Waals surface area contributed by atoms with Gasteiger partial charge in [-0.05, 0) is 12.8 Å². The molecule has 0 aliphatic rings. The predicted octanol–water partition coefficient (Wildman–Crippen LogP) is 3.59. The van der Waals surface area contributed by atoms with E-state index in [9.17, 15) is 0 Å². The molecule has 0 heterocycles. The van der Waals surface area contributed by atoms with E-state index in [1.807, 2.05) is 0 Å². The average molecular weight is 226 g/mol. The van der Waals surface area contributed by atoms with Gasteiger partial charge in [-0.25, -0.2) is 0 Å². The van der Waals surface area contributed by atoms with E-state index in [2.05, 4.69) is 31.1 Å². The Kier molecular flexibility index (Phi) is 8.84. The minimum Gasteiger partial charge on any atom is -0.396 e. The molecule has 0 rings (SSSR count). The van der Waals surface area contributed by atoms with E-state index in [1.165, 1.54) is 32.1 Å². The van der Waals surface area contributed by atoms with Gasteiger partial charge in [0.2, 0.25) is 0 Å². The molecule has 0 aromatic heterocycles. The number of unbranched alkanes of at least 4 members (excludes halogenated alkanes) is 6. The maximum atomic E-state index is 8.60. The molecular weight excluding hydrogens is 200 g/mol. The Bertz CT molecular complexity index is 195. The summed E-state index contributed by atoms with van der Waals surface area (Å²) in [5, 5.41) is 8.60. The summed E-state index contributed by atoms with van der Waals surface area (Å²) >= 11 is 0. The van der Waals surface area contributed by atoms with Crippen molar-refractivity contribution in [3.8, 4) is 11.5 Å². The maximum absolute atomic E-state index is 8.60. The van der Waals surface area contributed by atoms with Crippen LogP contribution >= 0.6 is 0 Å². The lowest BCUT2D eigenvalue weighted by atomic mass is 10.1. The maximum Gasteiger partial charge on any atom is 0.129 e. The van der Waals surface area contributed by atoms with Crippen molar-refractivity contribution in [1.82, 2.24) is 0 Å². The van der Waals surface area contributed by atoms with E-state index >= 15 is 0 Å². The molecule has 0 aliphatic heterocycles. The fourth-order valence-corrected chi connectivity index (χ4v) is 2.02. The summed E-state index contributed by atoms with van der Waals surface area (Å²) in [6.07, 6.45) is 8.33. The second-order valence-corrected chi connectivity index (χ2v) is 9.90. The summed E-state index contributed by atoms with van der Waals surface area (Å²) in [6.45, 7) is 7.21. The van der Waals surface area contributed by atoms with Crippen LogP contribution in [0.5, 0.6) is 0 Å². The molecule has 1 N–H and O–H groups in total. The van der Waals surface area contributed by atoms with Crippen LogP contribution in [0.25, 0.3) is 0 Å². The molecule has 0 radical (unpaired) electrons. The smallest absolute Gasteiger partial charge is 0.129 e. The van der Waals surface area contributed by atoms with Crippen molar-refractivity contribution in [2.75, 3.05) is 6.61 Å². The summed E-state index contributed by atoms with van der Waals surface area (Å²) in [4.78, 5) is 0. The Hall–Kier alpha value is -0.263. The van der Waals surface area contributed by atoms with Gasteiger partial charge in [0.05, 0.1) is 0 Å².